The molecule has 4 atom stereocenters. The van der Waals surface area contributed by atoms with Gasteiger partial charge in [-0.15, -0.1) is 0 Å². The van der Waals surface area contributed by atoms with Crippen LogP contribution in [0, 0.1) is 11.8 Å². The smallest absolute Gasteiger partial charge is 0.321 e. The second-order valence-electron chi connectivity index (χ2n) is 7.09. The lowest BCUT2D eigenvalue weighted by Gasteiger charge is -2.42. The molecule has 0 amide bonds. The summed E-state index contributed by atoms with van der Waals surface area (Å²) < 4.78 is 5.09. The molecule has 0 radical (unpaired) electrons. The van der Waals surface area contributed by atoms with Crippen LogP contribution in [0.1, 0.15) is 48.6 Å². The summed E-state index contributed by atoms with van der Waals surface area (Å²) >= 11 is 0. The van der Waals surface area contributed by atoms with Crippen molar-refractivity contribution in [3.05, 3.63) is 47.5 Å². The number of benzene rings is 2. The van der Waals surface area contributed by atoms with Crippen LogP contribution in [-0.4, -0.2) is 11.9 Å². The lowest BCUT2D eigenvalue weighted by molar-refractivity contribution is -0.153. The van der Waals surface area contributed by atoms with Crippen molar-refractivity contribution in [2.45, 2.75) is 37.5 Å². The van der Waals surface area contributed by atoms with E-state index in [4.69, 9.17) is 4.74 Å². The van der Waals surface area contributed by atoms with Gasteiger partial charge in [0.1, 0.15) is 0 Å². The van der Waals surface area contributed by atoms with Crippen LogP contribution in [-0.2, 0) is 14.3 Å². The molecule has 3 heteroatoms. The Morgan fingerprint density at radius 1 is 0.913 bits per heavy atom. The first kappa shape index (κ1) is 13.3. The topological polar surface area (TPSA) is 43.4 Å². The average Bonchev–Trinajstić information content (AvgIpc) is 2.89. The zero-order valence-electron chi connectivity index (χ0n) is 12.8. The number of esters is 2. The van der Waals surface area contributed by atoms with Gasteiger partial charge in [-0.25, -0.2) is 0 Å². The van der Waals surface area contributed by atoms with E-state index >= 15 is 0 Å². The first-order chi connectivity index (χ1) is 11.3. The van der Waals surface area contributed by atoms with Crippen LogP contribution in [0.15, 0.2) is 36.4 Å². The molecule has 2 aromatic carbocycles. The lowest BCUT2D eigenvalue weighted by atomic mass is 9.59. The van der Waals surface area contributed by atoms with E-state index in [1.54, 1.807) is 0 Å². The van der Waals surface area contributed by atoms with Gasteiger partial charge in [0.05, 0.1) is 11.8 Å². The molecule has 1 saturated heterocycles. The summed E-state index contributed by atoms with van der Waals surface area (Å²) in [5.74, 6) is -0.657. The Morgan fingerprint density at radius 3 is 2.65 bits per heavy atom. The summed E-state index contributed by atoms with van der Waals surface area (Å²) in [7, 11) is 0. The Morgan fingerprint density at radius 2 is 1.74 bits per heavy atom. The van der Waals surface area contributed by atoms with Gasteiger partial charge in [0.15, 0.2) is 0 Å². The van der Waals surface area contributed by atoms with Crippen molar-refractivity contribution >= 4 is 22.7 Å². The van der Waals surface area contributed by atoms with Gasteiger partial charge in [-0.3, -0.25) is 9.59 Å². The third kappa shape index (κ3) is 1.71. The molecule has 0 unspecified atom stereocenters. The van der Waals surface area contributed by atoms with Gasteiger partial charge in [0.25, 0.3) is 0 Å². The fraction of sp³-hybridized carbons (Fsp3) is 0.400. The first-order valence-electron chi connectivity index (χ1n) is 8.53. The molecule has 3 aliphatic rings. The molecule has 1 saturated carbocycles. The zero-order chi connectivity index (χ0) is 15.6. The van der Waals surface area contributed by atoms with E-state index in [1.807, 2.05) is 12.1 Å². The lowest BCUT2D eigenvalue weighted by Crippen LogP contribution is -2.37. The normalized spacial score (nSPS) is 32.2. The van der Waals surface area contributed by atoms with Crippen molar-refractivity contribution in [1.82, 2.24) is 0 Å². The molecule has 3 nitrogen and oxygen atoms in total. The van der Waals surface area contributed by atoms with E-state index in [2.05, 4.69) is 24.3 Å². The minimum absolute atomic E-state index is 0.265. The maximum Gasteiger partial charge on any atom is 0.321 e. The van der Waals surface area contributed by atoms with Gasteiger partial charge >= 0.3 is 11.9 Å². The number of ether oxygens (including phenoxy) is 1. The maximum atomic E-state index is 12.5. The highest BCUT2D eigenvalue weighted by molar-refractivity contribution is 6.04. The highest BCUT2D eigenvalue weighted by atomic mass is 16.6. The molecule has 0 N–H and O–H groups in total. The standard InChI is InChI=1S/C20H18O3/c21-19-17-14-8-4-3-7-13(14)15-10-9-11-5-1-2-6-12(11)16(15)18(17)20(22)23-19/h1-2,5-6,9-10,13-14,17-18H,3-4,7-8H2/t13-,14+,17+,18+/m1/s1. The summed E-state index contributed by atoms with van der Waals surface area (Å²) in [4.78, 5) is 24.8. The van der Waals surface area contributed by atoms with Gasteiger partial charge in [-0.1, -0.05) is 49.2 Å². The summed E-state index contributed by atoms with van der Waals surface area (Å²) in [6.45, 7) is 0. The van der Waals surface area contributed by atoms with E-state index in [0.717, 1.165) is 35.6 Å². The van der Waals surface area contributed by atoms with Gasteiger partial charge in [-0.2, -0.15) is 0 Å². The summed E-state index contributed by atoms with van der Waals surface area (Å²) in [6, 6.07) is 12.5. The number of rotatable bonds is 0. The molecule has 2 aliphatic carbocycles. The van der Waals surface area contributed by atoms with E-state index in [0.29, 0.717) is 5.92 Å². The van der Waals surface area contributed by atoms with Crippen LogP contribution >= 0.6 is 0 Å². The SMILES string of the molecule is O=C1OC(=O)[C@H]2c3c(ccc4ccccc34)[C@@H]3CCCC[C@@H]3[C@H]12. The largest absolute Gasteiger partial charge is 0.392 e. The zero-order valence-corrected chi connectivity index (χ0v) is 12.8. The maximum absolute atomic E-state index is 12.5. The predicted molar refractivity (Wildman–Crippen MR) is 86.0 cm³/mol. The van der Waals surface area contributed by atoms with Crippen molar-refractivity contribution in [1.29, 1.82) is 0 Å². The Labute approximate surface area is 134 Å². The van der Waals surface area contributed by atoms with Crippen LogP contribution in [0.25, 0.3) is 10.8 Å². The third-order valence-electron chi connectivity index (χ3n) is 6.08. The second-order valence-corrected chi connectivity index (χ2v) is 7.09. The van der Waals surface area contributed by atoms with Gasteiger partial charge in [0, 0.05) is 0 Å². The molecule has 0 aromatic heterocycles. The Bertz CT molecular complexity index is 838. The molecule has 116 valence electrons. The van der Waals surface area contributed by atoms with E-state index in [9.17, 15) is 9.59 Å². The molecule has 5 rings (SSSR count). The Kier molecular flexibility index (Phi) is 2.70. The fourth-order valence-electron chi connectivity index (χ4n) is 5.19. The van der Waals surface area contributed by atoms with Crippen LogP contribution < -0.4 is 0 Å². The van der Waals surface area contributed by atoms with Gasteiger partial charge in [0.2, 0.25) is 0 Å². The number of carbonyl (C=O) groups excluding carboxylic acids is 2. The number of cyclic esters (lactones) is 2. The van der Waals surface area contributed by atoms with Crippen LogP contribution in [0.4, 0.5) is 0 Å². The predicted octanol–water partition coefficient (Wildman–Crippen LogP) is 3.91. The first-order valence-corrected chi connectivity index (χ1v) is 8.53. The molecule has 2 fully saturated rings. The fourth-order valence-corrected chi connectivity index (χ4v) is 5.19. The van der Waals surface area contributed by atoms with E-state index in [1.165, 1.54) is 12.0 Å². The van der Waals surface area contributed by atoms with E-state index < -0.39 is 5.92 Å². The highest BCUT2D eigenvalue weighted by Crippen LogP contribution is 2.56. The number of carbonyl (C=O) groups is 2. The molecule has 0 bridgehead atoms. The molecular formula is C20H18O3. The molecule has 1 aliphatic heterocycles. The van der Waals surface area contributed by atoms with Crippen molar-refractivity contribution in [3.8, 4) is 0 Å². The Balaban J connectivity index is 1.83. The summed E-state index contributed by atoms with van der Waals surface area (Å²) in [5, 5.41) is 2.24. The van der Waals surface area contributed by atoms with Gasteiger partial charge < -0.3 is 4.74 Å². The van der Waals surface area contributed by atoms with E-state index in [-0.39, 0.29) is 23.8 Å². The van der Waals surface area contributed by atoms with Crippen molar-refractivity contribution < 1.29 is 14.3 Å². The van der Waals surface area contributed by atoms with Gasteiger partial charge in [-0.05, 0) is 46.6 Å². The molecule has 2 aromatic rings. The number of hydrogen-bond acceptors (Lipinski definition) is 3. The third-order valence-corrected chi connectivity index (χ3v) is 6.08. The van der Waals surface area contributed by atoms with Crippen molar-refractivity contribution in [2.75, 3.05) is 0 Å². The van der Waals surface area contributed by atoms with Crippen LogP contribution in [0.3, 0.4) is 0 Å². The van der Waals surface area contributed by atoms with Crippen molar-refractivity contribution in [3.63, 3.8) is 0 Å². The number of hydrogen-bond donors (Lipinski definition) is 0. The Hall–Kier alpha value is -2.16. The molecule has 23 heavy (non-hydrogen) atoms. The molecular weight excluding hydrogens is 288 g/mol. The quantitative estimate of drug-likeness (QED) is 0.547. The average molecular weight is 306 g/mol. The minimum atomic E-state index is -0.400. The molecule has 0 spiro atoms. The second kappa shape index (κ2) is 4.67. The van der Waals surface area contributed by atoms with Crippen molar-refractivity contribution in [2.24, 2.45) is 11.8 Å². The minimum Gasteiger partial charge on any atom is -0.392 e. The highest BCUT2D eigenvalue weighted by Gasteiger charge is 2.55. The summed E-state index contributed by atoms with van der Waals surface area (Å²) in [5.41, 5.74) is 2.34. The monoisotopic (exact) mass is 306 g/mol. The molecule has 1 heterocycles. The number of fused-ring (bicyclic) bond motifs is 8. The summed E-state index contributed by atoms with van der Waals surface area (Å²) in [6.07, 6.45) is 4.49. The van der Waals surface area contributed by atoms with Crippen LogP contribution in [0.5, 0.6) is 0 Å². The van der Waals surface area contributed by atoms with Crippen LogP contribution in [0.2, 0.25) is 0 Å².